The van der Waals surface area contributed by atoms with Crippen molar-refractivity contribution in [1.82, 2.24) is 9.80 Å². The smallest absolute Gasteiger partial charge is 0.410 e. The Balaban J connectivity index is 1.64. The average Bonchev–Trinajstić information content (AvgIpc) is 2.82. The highest BCUT2D eigenvalue weighted by Crippen LogP contribution is 2.26. The van der Waals surface area contributed by atoms with Gasteiger partial charge in [-0.3, -0.25) is 4.90 Å². The molecule has 2 fully saturated rings. The Bertz CT molecular complexity index is 494. The molecule has 0 unspecified atom stereocenters. The molecule has 19 heavy (non-hydrogen) atoms. The molecule has 1 aromatic carbocycles. The fourth-order valence-corrected chi connectivity index (χ4v) is 3.10. The molecule has 1 aromatic rings. The minimum Gasteiger partial charge on any atom is -0.442 e. The van der Waals surface area contributed by atoms with E-state index >= 15 is 0 Å². The first-order chi connectivity index (χ1) is 9.13. The highest BCUT2D eigenvalue weighted by Gasteiger charge is 2.46. The quantitative estimate of drug-likeness (QED) is 0.849. The second-order valence-corrected chi connectivity index (χ2v) is 5.72. The number of nitrogens with zero attached hydrogens (tertiary/aromatic N) is 2. The van der Waals surface area contributed by atoms with Crippen molar-refractivity contribution in [1.29, 1.82) is 0 Å². The summed E-state index contributed by atoms with van der Waals surface area (Å²) in [7, 11) is 2.06. The van der Waals surface area contributed by atoms with Gasteiger partial charge in [-0.25, -0.2) is 4.79 Å². The molecule has 0 saturated carbocycles. The minimum atomic E-state index is -0.176. The molecule has 3 rings (SSSR count). The van der Waals surface area contributed by atoms with E-state index in [1.807, 2.05) is 29.2 Å². The number of hydrogen-bond acceptors (Lipinski definition) is 3. The van der Waals surface area contributed by atoms with E-state index in [0.29, 0.717) is 6.54 Å². The lowest BCUT2D eigenvalue weighted by atomic mass is 10.1. The van der Waals surface area contributed by atoms with Gasteiger partial charge in [0.05, 0.1) is 6.04 Å². The fraction of sp³-hybridized carbons (Fsp3) is 0.500. The van der Waals surface area contributed by atoms with E-state index in [0.717, 1.165) is 30.1 Å². The highest BCUT2D eigenvalue weighted by molar-refractivity contribution is 6.30. The number of likely N-dealkylation sites (N-methyl/N-ethyl adjacent to an activating group) is 1. The van der Waals surface area contributed by atoms with Gasteiger partial charge in [0.2, 0.25) is 0 Å². The van der Waals surface area contributed by atoms with Crippen LogP contribution in [0.5, 0.6) is 0 Å². The summed E-state index contributed by atoms with van der Waals surface area (Å²) in [5.41, 5.74) is 1.15. The van der Waals surface area contributed by atoms with Crippen LogP contribution in [-0.4, -0.2) is 54.7 Å². The molecule has 0 N–H and O–H groups in total. The molecule has 2 saturated heterocycles. The summed E-state index contributed by atoms with van der Waals surface area (Å²) in [6, 6.07) is 7.98. The summed E-state index contributed by atoms with van der Waals surface area (Å²) in [5, 5.41) is 0.736. The van der Waals surface area contributed by atoms with Crippen molar-refractivity contribution in [3.63, 3.8) is 0 Å². The average molecular weight is 281 g/mol. The van der Waals surface area contributed by atoms with Gasteiger partial charge in [-0.2, -0.15) is 0 Å². The zero-order valence-electron chi connectivity index (χ0n) is 10.9. The lowest BCUT2D eigenvalue weighted by Crippen LogP contribution is -2.38. The molecular formula is C14H17ClN2O2. The molecule has 2 atom stereocenters. The number of ether oxygens (including phenoxy) is 1. The number of benzene rings is 1. The summed E-state index contributed by atoms with van der Waals surface area (Å²) >= 11 is 5.97. The van der Waals surface area contributed by atoms with Crippen LogP contribution in [0, 0.1) is 0 Å². The van der Waals surface area contributed by atoms with E-state index in [1.54, 1.807) is 0 Å². The highest BCUT2D eigenvalue weighted by atomic mass is 35.5. The Morgan fingerprint density at radius 2 is 2.26 bits per heavy atom. The van der Waals surface area contributed by atoms with E-state index in [9.17, 15) is 4.79 Å². The van der Waals surface area contributed by atoms with Gasteiger partial charge in [0.25, 0.3) is 0 Å². The zero-order valence-corrected chi connectivity index (χ0v) is 11.6. The van der Waals surface area contributed by atoms with Gasteiger partial charge in [-0.15, -0.1) is 0 Å². The van der Waals surface area contributed by atoms with Crippen LogP contribution in [0.15, 0.2) is 24.3 Å². The zero-order chi connectivity index (χ0) is 13.4. The Labute approximate surface area is 117 Å². The van der Waals surface area contributed by atoms with Gasteiger partial charge < -0.3 is 9.64 Å². The van der Waals surface area contributed by atoms with Crippen LogP contribution in [0.3, 0.4) is 0 Å². The van der Waals surface area contributed by atoms with Crippen LogP contribution in [0.4, 0.5) is 4.79 Å². The SMILES string of the molecule is CN1C[C@H]2OC(=O)N(CCc3cccc(Cl)c3)[C@H]2C1. The number of hydrogen-bond donors (Lipinski definition) is 0. The fourth-order valence-electron chi connectivity index (χ4n) is 2.89. The molecule has 5 heteroatoms. The van der Waals surface area contributed by atoms with Crippen molar-refractivity contribution in [2.75, 3.05) is 26.7 Å². The molecular weight excluding hydrogens is 264 g/mol. The second kappa shape index (κ2) is 5.02. The Kier molecular flexibility index (Phi) is 3.37. The first-order valence-corrected chi connectivity index (χ1v) is 6.91. The van der Waals surface area contributed by atoms with Crippen LogP contribution in [0.25, 0.3) is 0 Å². The van der Waals surface area contributed by atoms with Crippen molar-refractivity contribution in [2.24, 2.45) is 0 Å². The molecule has 0 radical (unpaired) electrons. The maximum atomic E-state index is 11.8. The first-order valence-electron chi connectivity index (χ1n) is 6.54. The monoisotopic (exact) mass is 280 g/mol. The molecule has 0 bridgehead atoms. The summed E-state index contributed by atoms with van der Waals surface area (Å²) in [6.45, 7) is 2.42. The third-order valence-corrected chi connectivity index (χ3v) is 4.07. The molecule has 2 aliphatic rings. The standard InChI is InChI=1S/C14H17ClN2O2/c1-16-8-12-13(9-16)19-14(18)17(12)6-5-10-3-2-4-11(15)7-10/h2-4,7,12-13H,5-6,8-9H2,1H3/t12-,13+/m0/s1. The molecule has 2 aliphatic heterocycles. The largest absolute Gasteiger partial charge is 0.442 e. The van der Waals surface area contributed by atoms with Crippen LogP contribution >= 0.6 is 11.6 Å². The molecule has 0 spiro atoms. The van der Waals surface area contributed by atoms with Gasteiger partial charge >= 0.3 is 6.09 Å². The van der Waals surface area contributed by atoms with Crippen LogP contribution in [0.1, 0.15) is 5.56 Å². The van der Waals surface area contributed by atoms with Crippen molar-refractivity contribution >= 4 is 17.7 Å². The summed E-state index contributed by atoms with van der Waals surface area (Å²) < 4.78 is 5.40. The molecule has 1 amide bonds. The van der Waals surface area contributed by atoms with Crippen LogP contribution in [-0.2, 0) is 11.2 Å². The number of carbonyl (C=O) groups is 1. The number of likely N-dealkylation sites (tertiary alicyclic amines) is 1. The van der Waals surface area contributed by atoms with Crippen molar-refractivity contribution < 1.29 is 9.53 Å². The lowest BCUT2D eigenvalue weighted by molar-refractivity contribution is 0.125. The van der Waals surface area contributed by atoms with Crippen LogP contribution < -0.4 is 0 Å². The summed E-state index contributed by atoms with van der Waals surface area (Å²) in [4.78, 5) is 15.9. The Hall–Kier alpha value is -1.26. The van der Waals surface area contributed by atoms with Gasteiger partial charge in [0.15, 0.2) is 0 Å². The van der Waals surface area contributed by atoms with Gasteiger partial charge in [0.1, 0.15) is 6.10 Å². The number of carbonyl (C=O) groups excluding carboxylic acids is 1. The second-order valence-electron chi connectivity index (χ2n) is 5.28. The number of rotatable bonds is 3. The minimum absolute atomic E-state index is 0.0388. The normalized spacial score (nSPS) is 26.6. The third-order valence-electron chi connectivity index (χ3n) is 3.84. The first kappa shape index (κ1) is 12.8. The van der Waals surface area contributed by atoms with E-state index in [2.05, 4.69) is 11.9 Å². The summed E-state index contributed by atoms with van der Waals surface area (Å²) in [6.07, 6.45) is 0.671. The lowest BCUT2D eigenvalue weighted by Gasteiger charge is -2.20. The van der Waals surface area contributed by atoms with Crippen molar-refractivity contribution in [2.45, 2.75) is 18.6 Å². The van der Waals surface area contributed by atoms with Gasteiger partial charge in [0, 0.05) is 24.7 Å². The number of fused-ring (bicyclic) bond motifs is 1. The molecule has 102 valence electrons. The van der Waals surface area contributed by atoms with E-state index in [4.69, 9.17) is 16.3 Å². The van der Waals surface area contributed by atoms with Crippen molar-refractivity contribution in [3.05, 3.63) is 34.9 Å². The van der Waals surface area contributed by atoms with E-state index < -0.39 is 0 Å². The van der Waals surface area contributed by atoms with Gasteiger partial charge in [-0.1, -0.05) is 23.7 Å². The number of halogens is 1. The summed E-state index contributed by atoms with van der Waals surface area (Å²) in [5.74, 6) is 0. The van der Waals surface area contributed by atoms with E-state index in [-0.39, 0.29) is 18.2 Å². The van der Waals surface area contributed by atoms with E-state index in [1.165, 1.54) is 0 Å². The Morgan fingerprint density at radius 3 is 3.05 bits per heavy atom. The number of amides is 1. The maximum Gasteiger partial charge on any atom is 0.410 e. The third kappa shape index (κ3) is 2.55. The maximum absolute atomic E-state index is 11.8. The van der Waals surface area contributed by atoms with Crippen LogP contribution in [0.2, 0.25) is 5.02 Å². The predicted molar refractivity (Wildman–Crippen MR) is 73.4 cm³/mol. The molecule has 0 aromatic heterocycles. The van der Waals surface area contributed by atoms with Crippen molar-refractivity contribution in [3.8, 4) is 0 Å². The molecule has 4 nitrogen and oxygen atoms in total. The predicted octanol–water partition coefficient (Wildman–Crippen LogP) is 2.02. The topological polar surface area (TPSA) is 32.8 Å². The molecule has 2 heterocycles. The Morgan fingerprint density at radius 1 is 1.42 bits per heavy atom. The molecule has 0 aliphatic carbocycles. The van der Waals surface area contributed by atoms with Gasteiger partial charge in [-0.05, 0) is 31.2 Å².